The van der Waals surface area contributed by atoms with Gasteiger partial charge in [0.2, 0.25) is 5.91 Å². The van der Waals surface area contributed by atoms with Crippen LogP contribution in [0.4, 0.5) is 0 Å². The number of aromatic nitrogens is 4. The van der Waals surface area contributed by atoms with Crippen molar-refractivity contribution in [2.75, 3.05) is 0 Å². The maximum Gasteiger partial charge on any atom is 0.267 e. The zero-order valence-electron chi connectivity index (χ0n) is 17.1. The minimum atomic E-state index is -4.14. The number of carbonyl (C=O) groups is 1. The largest absolute Gasteiger partial charge is 0.298 e. The Kier molecular flexibility index (Phi) is 5.78. The standard InChI is InChI=1S/C22H19N5O4S/c1-15-6-5-9-18-20(15)25-14-27(22(18)29)11-10-19(28)26-32(30,31)17-12-23-21(24-13-17)16-7-3-2-4-8-16/h2-9,12-14H,10-11H2,1H3,(H,26,28). The fraction of sp³-hybridized carbons (Fsp3) is 0.136. The fourth-order valence-corrected chi connectivity index (χ4v) is 4.07. The normalized spacial score (nSPS) is 11.4. The van der Waals surface area contributed by atoms with Gasteiger partial charge in [0.15, 0.2) is 5.82 Å². The van der Waals surface area contributed by atoms with E-state index < -0.39 is 15.9 Å². The number of amides is 1. The minimum absolute atomic E-state index is 0.0134. The fourth-order valence-electron chi connectivity index (χ4n) is 3.17. The summed E-state index contributed by atoms with van der Waals surface area (Å²) >= 11 is 0. The zero-order chi connectivity index (χ0) is 22.7. The average molecular weight is 449 g/mol. The van der Waals surface area contributed by atoms with Crippen LogP contribution in [-0.2, 0) is 21.4 Å². The van der Waals surface area contributed by atoms with E-state index >= 15 is 0 Å². The van der Waals surface area contributed by atoms with Gasteiger partial charge in [-0.05, 0) is 18.6 Å². The first kappa shape index (κ1) is 21.3. The van der Waals surface area contributed by atoms with Crippen LogP contribution in [0.1, 0.15) is 12.0 Å². The van der Waals surface area contributed by atoms with Crippen molar-refractivity contribution < 1.29 is 13.2 Å². The number of fused-ring (bicyclic) bond motifs is 1. The van der Waals surface area contributed by atoms with Crippen molar-refractivity contribution in [3.05, 3.63) is 83.2 Å². The summed E-state index contributed by atoms with van der Waals surface area (Å²) in [6, 6.07) is 14.4. The molecule has 2 heterocycles. The highest BCUT2D eigenvalue weighted by atomic mass is 32.2. The number of rotatable bonds is 6. The topological polar surface area (TPSA) is 124 Å². The number of hydrogen-bond donors (Lipinski definition) is 1. The summed E-state index contributed by atoms with van der Waals surface area (Å²) in [6.07, 6.45) is 3.42. The van der Waals surface area contributed by atoms with Crippen molar-refractivity contribution in [2.24, 2.45) is 0 Å². The second-order valence-corrected chi connectivity index (χ2v) is 8.78. The molecule has 0 radical (unpaired) electrons. The lowest BCUT2D eigenvalue weighted by molar-refractivity contribution is -0.119. The van der Waals surface area contributed by atoms with E-state index in [1.807, 2.05) is 35.9 Å². The summed E-state index contributed by atoms with van der Waals surface area (Å²) in [7, 11) is -4.14. The van der Waals surface area contributed by atoms with Gasteiger partial charge in [-0.3, -0.25) is 14.2 Å². The summed E-state index contributed by atoms with van der Waals surface area (Å²) < 4.78 is 28.2. The van der Waals surface area contributed by atoms with Crippen LogP contribution < -0.4 is 10.3 Å². The monoisotopic (exact) mass is 449 g/mol. The minimum Gasteiger partial charge on any atom is -0.298 e. The molecule has 0 saturated carbocycles. The Morgan fingerprint density at radius 2 is 1.72 bits per heavy atom. The lowest BCUT2D eigenvalue weighted by Crippen LogP contribution is -2.32. The molecule has 9 nitrogen and oxygen atoms in total. The van der Waals surface area contributed by atoms with Gasteiger partial charge in [0.05, 0.1) is 29.6 Å². The van der Waals surface area contributed by atoms with Crippen molar-refractivity contribution >= 4 is 26.8 Å². The second-order valence-electron chi connectivity index (χ2n) is 7.10. The molecule has 0 spiro atoms. The molecule has 162 valence electrons. The molecule has 0 aliphatic rings. The smallest absolute Gasteiger partial charge is 0.267 e. The molecule has 4 aromatic rings. The zero-order valence-corrected chi connectivity index (χ0v) is 17.9. The Hall–Kier alpha value is -3.92. The number of sulfonamides is 1. The van der Waals surface area contributed by atoms with Gasteiger partial charge in [0.1, 0.15) is 4.90 Å². The summed E-state index contributed by atoms with van der Waals surface area (Å²) in [6.45, 7) is 1.84. The summed E-state index contributed by atoms with van der Waals surface area (Å²) in [5.74, 6) is -0.386. The molecule has 10 heteroatoms. The SMILES string of the molecule is Cc1cccc2c(=O)n(CCC(=O)NS(=O)(=O)c3cnc(-c4ccccc4)nc3)cnc12. The maximum atomic E-state index is 12.6. The van der Waals surface area contributed by atoms with E-state index in [1.165, 1.54) is 10.9 Å². The molecular formula is C22H19N5O4S. The molecule has 0 atom stereocenters. The summed E-state index contributed by atoms with van der Waals surface area (Å²) in [5.41, 5.74) is 1.92. The first-order chi connectivity index (χ1) is 15.3. The first-order valence-electron chi connectivity index (χ1n) is 9.73. The van der Waals surface area contributed by atoms with Gasteiger partial charge < -0.3 is 0 Å². The molecule has 1 N–H and O–H groups in total. The van der Waals surface area contributed by atoms with Crippen molar-refractivity contribution in [1.29, 1.82) is 0 Å². The number of nitrogens with one attached hydrogen (secondary N) is 1. The van der Waals surface area contributed by atoms with Crippen molar-refractivity contribution in [3.63, 3.8) is 0 Å². The predicted octanol–water partition coefficient (Wildman–Crippen LogP) is 2.06. The van der Waals surface area contributed by atoms with Crippen molar-refractivity contribution in [3.8, 4) is 11.4 Å². The van der Waals surface area contributed by atoms with Crippen molar-refractivity contribution in [2.45, 2.75) is 24.8 Å². The van der Waals surface area contributed by atoms with Crippen LogP contribution in [-0.4, -0.2) is 33.8 Å². The number of nitrogens with zero attached hydrogens (tertiary/aromatic N) is 4. The van der Waals surface area contributed by atoms with Gasteiger partial charge in [-0.2, -0.15) is 0 Å². The van der Waals surface area contributed by atoms with E-state index in [0.717, 1.165) is 23.5 Å². The van der Waals surface area contributed by atoms with Crippen LogP contribution in [0.3, 0.4) is 0 Å². The highest BCUT2D eigenvalue weighted by molar-refractivity contribution is 7.90. The molecule has 0 saturated heterocycles. The van der Waals surface area contributed by atoms with Crippen LogP contribution in [0, 0.1) is 6.92 Å². The van der Waals surface area contributed by atoms with Crippen LogP contribution in [0.15, 0.2) is 76.9 Å². The maximum absolute atomic E-state index is 12.6. The van der Waals surface area contributed by atoms with E-state index in [2.05, 4.69) is 15.0 Å². The van der Waals surface area contributed by atoms with Crippen LogP contribution >= 0.6 is 0 Å². The molecule has 2 aromatic heterocycles. The highest BCUT2D eigenvalue weighted by Gasteiger charge is 2.19. The third-order valence-electron chi connectivity index (χ3n) is 4.85. The molecule has 1 amide bonds. The van der Waals surface area contributed by atoms with Gasteiger partial charge in [0, 0.05) is 18.5 Å². The predicted molar refractivity (Wildman–Crippen MR) is 118 cm³/mol. The van der Waals surface area contributed by atoms with E-state index in [4.69, 9.17) is 0 Å². The molecule has 0 aliphatic heterocycles. The van der Waals surface area contributed by atoms with E-state index in [1.54, 1.807) is 24.3 Å². The first-order valence-corrected chi connectivity index (χ1v) is 11.2. The van der Waals surface area contributed by atoms with Gasteiger partial charge >= 0.3 is 0 Å². The lowest BCUT2D eigenvalue weighted by atomic mass is 10.1. The van der Waals surface area contributed by atoms with E-state index in [-0.39, 0.29) is 23.4 Å². The Balaban J connectivity index is 1.44. The molecule has 0 aliphatic carbocycles. The van der Waals surface area contributed by atoms with Gasteiger partial charge in [0.25, 0.3) is 15.6 Å². The molecule has 32 heavy (non-hydrogen) atoms. The van der Waals surface area contributed by atoms with Gasteiger partial charge in [-0.25, -0.2) is 28.1 Å². The highest BCUT2D eigenvalue weighted by Crippen LogP contribution is 2.15. The number of benzene rings is 2. The third kappa shape index (κ3) is 4.40. The number of hydrogen-bond acceptors (Lipinski definition) is 7. The molecule has 0 unspecified atom stereocenters. The lowest BCUT2D eigenvalue weighted by Gasteiger charge is -2.09. The Morgan fingerprint density at radius 3 is 2.44 bits per heavy atom. The molecule has 2 aromatic carbocycles. The van der Waals surface area contributed by atoms with E-state index in [9.17, 15) is 18.0 Å². The van der Waals surface area contributed by atoms with Crippen LogP contribution in [0.25, 0.3) is 22.3 Å². The Morgan fingerprint density at radius 1 is 1.00 bits per heavy atom. The Labute approximate surface area is 183 Å². The molecule has 0 bridgehead atoms. The number of carbonyl (C=O) groups excluding carboxylic acids is 1. The quantitative estimate of drug-likeness (QED) is 0.478. The molecule has 4 rings (SSSR count). The van der Waals surface area contributed by atoms with Crippen molar-refractivity contribution in [1.82, 2.24) is 24.2 Å². The van der Waals surface area contributed by atoms with Crippen LogP contribution in [0.5, 0.6) is 0 Å². The molecule has 0 fully saturated rings. The van der Waals surface area contributed by atoms with Gasteiger partial charge in [-0.1, -0.05) is 42.5 Å². The van der Waals surface area contributed by atoms with Crippen LogP contribution in [0.2, 0.25) is 0 Å². The number of para-hydroxylation sites is 1. The van der Waals surface area contributed by atoms with E-state index in [0.29, 0.717) is 16.7 Å². The molecular weight excluding hydrogens is 430 g/mol. The van der Waals surface area contributed by atoms with Gasteiger partial charge in [-0.15, -0.1) is 0 Å². The Bertz CT molecular complexity index is 1450. The second kappa shape index (κ2) is 8.67. The third-order valence-corrected chi connectivity index (χ3v) is 6.18. The number of aryl methyl sites for hydroxylation is 2. The summed E-state index contributed by atoms with van der Waals surface area (Å²) in [5, 5.41) is 0.441. The average Bonchev–Trinajstić information content (AvgIpc) is 2.79. The summed E-state index contributed by atoms with van der Waals surface area (Å²) in [4.78, 5) is 37.0.